The highest BCUT2D eigenvalue weighted by Gasteiger charge is 2.07. The molecule has 1 heterocycles. The maximum atomic E-state index is 4.27. The van der Waals surface area contributed by atoms with Gasteiger partial charge in [-0.15, -0.1) is 0 Å². The molecule has 0 spiro atoms. The first-order chi connectivity index (χ1) is 10.6. The molecule has 22 heavy (non-hydrogen) atoms. The van der Waals surface area contributed by atoms with E-state index in [1.165, 1.54) is 11.1 Å². The smallest absolute Gasteiger partial charge is 0.191 e. The first-order valence-electron chi connectivity index (χ1n) is 7.58. The van der Waals surface area contributed by atoms with Gasteiger partial charge in [-0.1, -0.05) is 36.8 Å². The lowest BCUT2D eigenvalue weighted by molar-refractivity contribution is 0.669. The zero-order valence-corrected chi connectivity index (χ0v) is 13.8. The average Bonchev–Trinajstić information content (AvgIpc) is 2.92. The predicted octanol–water partition coefficient (Wildman–Crippen LogP) is 2.20. The van der Waals surface area contributed by atoms with Crippen LogP contribution >= 0.6 is 0 Å². The van der Waals surface area contributed by atoms with E-state index in [0.29, 0.717) is 12.5 Å². The quantitative estimate of drug-likeness (QED) is 0.657. The summed E-state index contributed by atoms with van der Waals surface area (Å²) in [5, 5.41) is 10.8. The molecular weight excluding hydrogens is 274 g/mol. The SMILES string of the molecule is CN=C(NCc1ccnn1C)NCC(C)c1cccc(C)c1. The second kappa shape index (κ2) is 7.64. The van der Waals surface area contributed by atoms with Crippen molar-refractivity contribution in [1.82, 2.24) is 20.4 Å². The third-order valence-electron chi connectivity index (χ3n) is 3.77. The van der Waals surface area contributed by atoms with Crippen molar-refractivity contribution >= 4 is 5.96 Å². The van der Waals surface area contributed by atoms with E-state index >= 15 is 0 Å². The van der Waals surface area contributed by atoms with E-state index in [0.717, 1.165) is 18.2 Å². The number of aliphatic imine (C=N–C) groups is 1. The minimum absolute atomic E-state index is 0.426. The molecular formula is C17H25N5. The average molecular weight is 299 g/mol. The lowest BCUT2D eigenvalue weighted by Crippen LogP contribution is -2.39. The van der Waals surface area contributed by atoms with Crippen LogP contribution in [0.2, 0.25) is 0 Å². The van der Waals surface area contributed by atoms with Gasteiger partial charge in [0.1, 0.15) is 0 Å². The Morgan fingerprint density at radius 2 is 2.14 bits per heavy atom. The van der Waals surface area contributed by atoms with Crippen LogP contribution in [0.5, 0.6) is 0 Å². The Kier molecular flexibility index (Phi) is 5.58. The zero-order chi connectivity index (χ0) is 15.9. The second-order valence-corrected chi connectivity index (χ2v) is 5.57. The Bertz CT molecular complexity index is 629. The predicted molar refractivity (Wildman–Crippen MR) is 91.0 cm³/mol. The van der Waals surface area contributed by atoms with Gasteiger partial charge in [0.15, 0.2) is 5.96 Å². The molecule has 0 aliphatic rings. The summed E-state index contributed by atoms with van der Waals surface area (Å²) in [7, 11) is 3.73. The summed E-state index contributed by atoms with van der Waals surface area (Å²) < 4.78 is 1.86. The van der Waals surface area contributed by atoms with Gasteiger partial charge in [0.2, 0.25) is 0 Å². The van der Waals surface area contributed by atoms with Gasteiger partial charge in [-0.25, -0.2) is 0 Å². The highest BCUT2D eigenvalue weighted by molar-refractivity contribution is 5.79. The molecule has 1 unspecified atom stereocenters. The number of guanidine groups is 1. The fraction of sp³-hybridized carbons (Fsp3) is 0.412. The van der Waals surface area contributed by atoms with Crippen molar-refractivity contribution in [3.63, 3.8) is 0 Å². The molecule has 5 nitrogen and oxygen atoms in total. The summed E-state index contributed by atoms with van der Waals surface area (Å²) in [6.07, 6.45) is 1.80. The molecule has 2 rings (SSSR count). The summed E-state index contributed by atoms with van der Waals surface area (Å²) in [5.74, 6) is 1.23. The molecule has 5 heteroatoms. The molecule has 0 saturated carbocycles. The monoisotopic (exact) mass is 299 g/mol. The summed E-state index contributed by atoms with van der Waals surface area (Å²) in [6.45, 7) is 5.89. The minimum Gasteiger partial charge on any atom is -0.356 e. The number of aromatic nitrogens is 2. The van der Waals surface area contributed by atoms with Crippen LogP contribution in [0.15, 0.2) is 41.5 Å². The van der Waals surface area contributed by atoms with E-state index in [1.54, 1.807) is 13.2 Å². The van der Waals surface area contributed by atoms with Crippen LogP contribution < -0.4 is 10.6 Å². The van der Waals surface area contributed by atoms with Gasteiger partial charge in [-0.2, -0.15) is 5.10 Å². The van der Waals surface area contributed by atoms with Crippen molar-refractivity contribution in [3.8, 4) is 0 Å². The summed E-state index contributed by atoms with van der Waals surface area (Å²) in [6, 6.07) is 10.6. The van der Waals surface area contributed by atoms with Crippen LogP contribution in [0, 0.1) is 6.92 Å². The van der Waals surface area contributed by atoms with Crippen LogP contribution in [-0.2, 0) is 13.6 Å². The van der Waals surface area contributed by atoms with Crippen molar-refractivity contribution in [3.05, 3.63) is 53.3 Å². The van der Waals surface area contributed by atoms with Crippen molar-refractivity contribution in [2.24, 2.45) is 12.0 Å². The Morgan fingerprint density at radius 1 is 1.32 bits per heavy atom. The molecule has 1 aromatic heterocycles. The number of nitrogens with one attached hydrogen (secondary N) is 2. The molecule has 0 fully saturated rings. The van der Waals surface area contributed by atoms with Gasteiger partial charge in [0, 0.05) is 26.8 Å². The zero-order valence-electron chi connectivity index (χ0n) is 13.8. The van der Waals surface area contributed by atoms with Crippen LogP contribution in [0.3, 0.4) is 0 Å². The van der Waals surface area contributed by atoms with Crippen LogP contribution in [0.1, 0.15) is 29.7 Å². The molecule has 118 valence electrons. The van der Waals surface area contributed by atoms with E-state index in [2.05, 4.69) is 58.8 Å². The molecule has 1 atom stereocenters. The van der Waals surface area contributed by atoms with E-state index in [9.17, 15) is 0 Å². The van der Waals surface area contributed by atoms with Crippen molar-refractivity contribution < 1.29 is 0 Å². The molecule has 0 radical (unpaired) electrons. The number of aryl methyl sites for hydroxylation is 2. The van der Waals surface area contributed by atoms with Crippen molar-refractivity contribution in [2.75, 3.05) is 13.6 Å². The molecule has 0 aliphatic heterocycles. The second-order valence-electron chi connectivity index (χ2n) is 5.57. The van der Waals surface area contributed by atoms with Crippen molar-refractivity contribution in [1.29, 1.82) is 0 Å². The standard InChI is InChI=1S/C17H25N5/c1-13-6-5-7-15(10-13)14(2)11-19-17(18-3)20-12-16-8-9-21-22(16)4/h5-10,14H,11-12H2,1-4H3,(H2,18,19,20). The molecule has 0 bridgehead atoms. The van der Waals surface area contributed by atoms with E-state index in [1.807, 2.05) is 17.8 Å². The van der Waals surface area contributed by atoms with Crippen LogP contribution in [0.4, 0.5) is 0 Å². The largest absolute Gasteiger partial charge is 0.356 e. The van der Waals surface area contributed by atoms with Crippen molar-refractivity contribution in [2.45, 2.75) is 26.3 Å². The van der Waals surface area contributed by atoms with E-state index in [4.69, 9.17) is 0 Å². The highest BCUT2D eigenvalue weighted by atomic mass is 15.3. The maximum Gasteiger partial charge on any atom is 0.191 e. The maximum absolute atomic E-state index is 4.27. The Balaban J connectivity index is 1.85. The lowest BCUT2D eigenvalue weighted by Gasteiger charge is -2.17. The van der Waals surface area contributed by atoms with Gasteiger partial charge in [0.25, 0.3) is 0 Å². The molecule has 0 amide bonds. The molecule has 1 aromatic carbocycles. The fourth-order valence-electron chi connectivity index (χ4n) is 2.31. The van der Waals surface area contributed by atoms with E-state index in [-0.39, 0.29) is 0 Å². The molecule has 0 aliphatic carbocycles. The number of hydrogen-bond donors (Lipinski definition) is 2. The first-order valence-corrected chi connectivity index (χ1v) is 7.58. The summed E-state index contributed by atoms with van der Waals surface area (Å²) in [5.41, 5.74) is 3.76. The Morgan fingerprint density at radius 3 is 2.77 bits per heavy atom. The van der Waals surface area contributed by atoms with Crippen LogP contribution in [0.25, 0.3) is 0 Å². The molecule has 2 N–H and O–H groups in total. The normalized spacial score (nSPS) is 13.0. The van der Waals surface area contributed by atoms with Crippen LogP contribution in [-0.4, -0.2) is 29.3 Å². The number of benzene rings is 1. The highest BCUT2D eigenvalue weighted by Crippen LogP contribution is 2.15. The molecule has 0 saturated heterocycles. The number of rotatable bonds is 5. The van der Waals surface area contributed by atoms with Gasteiger partial charge in [-0.3, -0.25) is 9.67 Å². The minimum atomic E-state index is 0.426. The number of nitrogens with zero attached hydrogens (tertiary/aromatic N) is 3. The third-order valence-corrected chi connectivity index (χ3v) is 3.77. The van der Waals surface area contributed by atoms with Gasteiger partial charge in [-0.05, 0) is 24.5 Å². The van der Waals surface area contributed by atoms with E-state index < -0.39 is 0 Å². The fourth-order valence-corrected chi connectivity index (χ4v) is 2.31. The Hall–Kier alpha value is -2.30. The lowest BCUT2D eigenvalue weighted by atomic mass is 9.99. The van der Waals surface area contributed by atoms with Gasteiger partial charge in [0.05, 0.1) is 12.2 Å². The first kappa shape index (κ1) is 16.1. The Labute approximate surface area is 132 Å². The number of hydrogen-bond acceptors (Lipinski definition) is 2. The van der Waals surface area contributed by atoms with Gasteiger partial charge >= 0.3 is 0 Å². The third kappa shape index (κ3) is 4.35. The van der Waals surface area contributed by atoms with Gasteiger partial charge < -0.3 is 10.6 Å². The topological polar surface area (TPSA) is 54.2 Å². The molecule has 2 aromatic rings. The summed E-state index contributed by atoms with van der Waals surface area (Å²) in [4.78, 5) is 4.27. The summed E-state index contributed by atoms with van der Waals surface area (Å²) >= 11 is 0.